The Morgan fingerprint density at radius 3 is 2.22 bits per heavy atom. The quantitative estimate of drug-likeness (QED) is 0.223. The van der Waals surface area contributed by atoms with Gasteiger partial charge in [-0.15, -0.1) is 6.58 Å². The van der Waals surface area contributed by atoms with Crippen molar-refractivity contribution in [2.45, 2.75) is 68.6 Å². The number of carboxylic acids is 1. The molecule has 1 N–H and O–H groups in total. The van der Waals surface area contributed by atoms with Gasteiger partial charge in [-0.2, -0.15) is 0 Å². The number of halogens is 1. The van der Waals surface area contributed by atoms with Crippen molar-refractivity contribution in [1.29, 1.82) is 0 Å². The number of aliphatic carboxylic acids is 1. The monoisotopic (exact) mass is 366 g/mol. The molecule has 3 heteroatoms. The van der Waals surface area contributed by atoms with Gasteiger partial charge in [-0.3, -0.25) is 4.79 Å². The lowest BCUT2D eigenvalue weighted by molar-refractivity contribution is -0.142. The minimum atomic E-state index is -0.615. The van der Waals surface area contributed by atoms with Crippen molar-refractivity contribution in [3.63, 3.8) is 0 Å². The van der Waals surface area contributed by atoms with Crippen LogP contribution in [0.1, 0.15) is 64.7 Å². The van der Waals surface area contributed by atoms with Gasteiger partial charge in [-0.1, -0.05) is 61.3 Å². The van der Waals surface area contributed by atoms with Crippen LogP contribution >= 0.6 is 22.6 Å². The van der Waals surface area contributed by atoms with Gasteiger partial charge in [0, 0.05) is 3.92 Å². The summed E-state index contributed by atoms with van der Waals surface area (Å²) in [6.07, 6.45) is 11.4. The number of carbonyl (C=O) groups is 1. The number of hydrogen-bond acceptors (Lipinski definition) is 1. The summed E-state index contributed by atoms with van der Waals surface area (Å²) < 4.78 is 0.733. The van der Waals surface area contributed by atoms with Crippen molar-refractivity contribution in [3.8, 4) is 0 Å². The topological polar surface area (TPSA) is 37.3 Å². The molecule has 2 unspecified atom stereocenters. The SMILES string of the molecule is C=CCCCCC(CCCCCC(C)I)C(=O)O. The standard InChI is InChI=1S/C15H27IO2/c1-3-4-5-8-11-14(15(17)18)12-9-6-7-10-13(2)16/h3,13-14H,1,4-12H2,2H3,(H,17,18). The third-order valence-electron chi connectivity index (χ3n) is 3.21. The maximum absolute atomic E-state index is 11.1. The van der Waals surface area contributed by atoms with Crippen LogP contribution in [0.2, 0.25) is 0 Å². The summed E-state index contributed by atoms with van der Waals surface area (Å²) in [5.41, 5.74) is 0. The van der Waals surface area contributed by atoms with Crippen molar-refractivity contribution in [3.05, 3.63) is 12.7 Å². The Bertz CT molecular complexity index is 227. The molecule has 0 bridgehead atoms. The predicted molar refractivity (Wildman–Crippen MR) is 86.4 cm³/mol. The van der Waals surface area contributed by atoms with Crippen LogP contribution in [0, 0.1) is 5.92 Å². The molecule has 0 aliphatic carbocycles. The molecule has 0 saturated heterocycles. The van der Waals surface area contributed by atoms with Crippen molar-refractivity contribution in [2.75, 3.05) is 0 Å². The Labute approximate surface area is 125 Å². The first-order valence-electron chi connectivity index (χ1n) is 7.05. The maximum Gasteiger partial charge on any atom is 0.306 e. The Balaban J connectivity index is 3.63. The summed E-state index contributed by atoms with van der Waals surface area (Å²) in [4.78, 5) is 11.1. The molecule has 0 aromatic rings. The van der Waals surface area contributed by atoms with Gasteiger partial charge in [0.25, 0.3) is 0 Å². The fraction of sp³-hybridized carbons (Fsp3) is 0.800. The smallest absolute Gasteiger partial charge is 0.306 e. The highest BCUT2D eigenvalue weighted by atomic mass is 127. The Hall–Kier alpha value is -0.0600. The van der Waals surface area contributed by atoms with E-state index in [2.05, 4.69) is 36.1 Å². The molecular formula is C15H27IO2. The fourth-order valence-electron chi connectivity index (χ4n) is 2.06. The molecule has 0 aliphatic rings. The first-order valence-corrected chi connectivity index (χ1v) is 8.30. The molecule has 106 valence electrons. The largest absolute Gasteiger partial charge is 0.481 e. The Morgan fingerprint density at radius 1 is 1.17 bits per heavy atom. The molecular weight excluding hydrogens is 339 g/mol. The summed E-state index contributed by atoms with van der Waals surface area (Å²) >= 11 is 2.44. The molecule has 0 aliphatic heterocycles. The number of carboxylic acid groups (broad SMARTS) is 1. The van der Waals surface area contributed by atoms with Crippen LogP contribution in [-0.4, -0.2) is 15.0 Å². The summed E-state index contributed by atoms with van der Waals surface area (Å²) in [5, 5.41) is 9.15. The molecule has 0 amide bonds. The van der Waals surface area contributed by atoms with Crippen LogP contribution in [-0.2, 0) is 4.79 Å². The lowest BCUT2D eigenvalue weighted by atomic mass is 9.95. The van der Waals surface area contributed by atoms with E-state index >= 15 is 0 Å². The predicted octanol–water partition coefficient (Wildman–Crippen LogP) is 5.21. The zero-order chi connectivity index (χ0) is 13.8. The molecule has 0 aromatic carbocycles. The zero-order valence-corrected chi connectivity index (χ0v) is 13.7. The Morgan fingerprint density at radius 2 is 1.72 bits per heavy atom. The molecule has 0 spiro atoms. The average Bonchev–Trinajstić information content (AvgIpc) is 2.30. The third-order valence-corrected chi connectivity index (χ3v) is 3.84. The molecule has 2 atom stereocenters. The van der Waals surface area contributed by atoms with Gasteiger partial charge in [-0.25, -0.2) is 0 Å². The maximum atomic E-state index is 11.1. The van der Waals surface area contributed by atoms with Crippen molar-refractivity contribution in [2.24, 2.45) is 5.92 Å². The number of allylic oxidation sites excluding steroid dienone is 1. The Kier molecular flexibility index (Phi) is 12.0. The van der Waals surface area contributed by atoms with Crippen LogP contribution in [0.25, 0.3) is 0 Å². The molecule has 18 heavy (non-hydrogen) atoms. The minimum Gasteiger partial charge on any atom is -0.481 e. The second kappa shape index (κ2) is 12.0. The van der Waals surface area contributed by atoms with Crippen LogP contribution < -0.4 is 0 Å². The van der Waals surface area contributed by atoms with Gasteiger partial charge in [-0.05, 0) is 32.1 Å². The van der Waals surface area contributed by atoms with E-state index in [9.17, 15) is 4.79 Å². The number of unbranched alkanes of at least 4 members (excludes halogenated alkanes) is 4. The van der Waals surface area contributed by atoms with Gasteiger partial charge in [0.2, 0.25) is 0 Å². The second-order valence-corrected chi connectivity index (χ2v) is 7.15. The third kappa shape index (κ3) is 11.1. The van der Waals surface area contributed by atoms with Crippen molar-refractivity contribution >= 4 is 28.6 Å². The van der Waals surface area contributed by atoms with E-state index in [1.54, 1.807) is 0 Å². The first-order chi connectivity index (χ1) is 8.57. The average molecular weight is 366 g/mol. The van der Waals surface area contributed by atoms with Crippen LogP contribution in [0.15, 0.2) is 12.7 Å². The molecule has 0 fully saturated rings. The van der Waals surface area contributed by atoms with Gasteiger partial charge < -0.3 is 5.11 Å². The summed E-state index contributed by atoms with van der Waals surface area (Å²) in [6.45, 7) is 5.90. The normalized spacial score (nSPS) is 14.1. The van der Waals surface area contributed by atoms with E-state index in [1.807, 2.05) is 6.08 Å². The van der Waals surface area contributed by atoms with Gasteiger partial charge >= 0.3 is 5.97 Å². The van der Waals surface area contributed by atoms with Gasteiger partial charge in [0.15, 0.2) is 0 Å². The zero-order valence-electron chi connectivity index (χ0n) is 11.5. The highest BCUT2D eigenvalue weighted by Gasteiger charge is 2.16. The highest BCUT2D eigenvalue weighted by Crippen LogP contribution is 2.19. The van der Waals surface area contributed by atoms with Crippen molar-refractivity contribution < 1.29 is 9.90 Å². The molecule has 0 rings (SSSR count). The summed E-state index contributed by atoms with van der Waals surface area (Å²) in [7, 11) is 0. The van der Waals surface area contributed by atoms with Crippen LogP contribution in [0.3, 0.4) is 0 Å². The molecule has 0 aromatic heterocycles. The van der Waals surface area contributed by atoms with Crippen molar-refractivity contribution in [1.82, 2.24) is 0 Å². The number of hydrogen-bond donors (Lipinski definition) is 1. The van der Waals surface area contributed by atoms with Crippen LogP contribution in [0.5, 0.6) is 0 Å². The van der Waals surface area contributed by atoms with E-state index in [-0.39, 0.29) is 5.92 Å². The van der Waals surface area contributed by atoms with Crippen LogP contribution in [0.4, 0.5) is 0 Å². The summed E-state index contributed by atoms with van der Waals surface area (Å²) in [5.74, 6) is -0.747. The lowest BCUT2D eigenvalue weighted by Crippen LogP contribution is -2.13. The van der Waals surface area contributed by atoms with E-state index in [1.165, 1.54) is 19.3 Å². The molecule has 0 radical (unpaired) electrons. The number of alkyl halides is 1. The first kappa shape index (κ1) is 17.9. The fourth-order valence-corrected chi connectivity index (χ4v) is 2.50. The van der Waals surface area contributed by atoms with E-state index in [0.717, 1.165) is 42.4 Å². The highest BCUT2D eigenvalue weighted by molar-refractivity contribution is 14.1. The number of rotatable bonds is 12. The molecule has 0 saturated carbocycles. The summed E-state index contributed by atoms with van der Waals surface area (Å²) in [6, 6.07) is 0. The van der Waals surface area contributed by atoms with Gasteiger partial charge in [0.1, 0.15) is 0 Å². The molecule has 2 nitrogen and oxygen atoms in total. The van der Waals surface area contributed by atoms with E-state index < -0.39 is 5.97 Å². The van der Waals surface area contributed by atoms with E-state index in [4.69, 9.17) is 5.11 Å². The lowest BCUT2D eigenvalue weighted by Gasteiger charge is -2.12. The minimum absolute atomic E-state index is 0.133. The second-order valence-electron chi connectivity index (χ2n) is 5.03. The van der Waals surface area contributed by atoms with Gasteiger partial charge in [0.05, 0.1) is 5.92 Å². The van der Waals surface area contributed by atoms with E-state index in [0.29, 0.717) is 0 Å². The molecule has 0 heterocycles.